The smallest absolute Gasteiger partial charge is 0.254 e. The van der Waals surface area contributed by atoms with Gasteiger partial charge in [0.1, 0.15) is 0 Å². The molecule has 4 fully saturated rings. The highest BCUT2D eigenvalue weighted by molar-refractivity contribution is 5.95. The molecule has 4 aliphatic carbocycles. The summed E-state index contributed by atoms with van der Waals surface area (Å²) in [5.74, 6) is 4.75. The molecule has 0 aromatic heterocycles. The molecule has 1 aromatic carbocycles. The summed E-state index contributed by atoms with van der Waals surface area (Å²) in [6.07, 6.45) is 6.75. The van der Waals surface area contributed by atoms with Crippen molar-refractivity contribution in [3.05, 3.63) is 23.8 Å². The van der Waals surface area contributed by atoms with E-state index < -0.39 is 0 Å². The van der Waals surface area contributed by atoms with Gasteiger partial charge in [-0.25, -0.2) is 0 Å². The van der Waals surface area contributed by atoms with Crippen molar-refractivity contribution in [2.24, 2.45) is 23.7 Å². The van der Waals surface area contributed by atoms with Gasteiger partial charge in [0.2, 0.25) is 0 Å². The van der Waals surface area contributed by atoms with Gasteiger partial charge in [-0.2, -0.15) is 0 Å². The summed E-state index contributed by atoms with van der Waals surface area (Å²) in [6.45, 7) is 5.43. The van der Waals surface area contributed by atoms with Gasteiger partial charge in [0.25, 0.3) is 5.91 Å². The van der Waals surface area contributed by atoms with E-state index in [0.717, 1.165) is 18.4 Å². The van der Waals surface area contributed by atoms with Gasteiger partial charge in [-0.05, 0) is 87.8 Å². The average molecular weight is 357 g/mol. The fraction of sp³-hybridized carbons (Fsp3) is 0.682. The van der Waals surface area contributed by atoms with E-state index in [0.29, 0.717) is 41.5 Å². The van der Waals surface area contributed by atoms with E-state index in [-0.39, 0.29) is 5.91 Å². The standard InChI is InChI=1S/C22H31NO3/c1-4-23(21-17-9-14-8-15(11-17)12-18(21)10-14)22(24)16-6-7-19(26-5-2)20(13-16)25-3/h6-7,13-15,17-18,21H,4-5,8-12H2,1-3H3. The second-order valence-corrected chi connectivity index (χ2v) is 8.31. The van der Waals surface area contributed by atoms with Crippen LogP contribution < -0.4 is 9.47 Å². The maximum absolute atomic E-state index is 13.4. The lowest BCUT2D eigenvalue weighted by molar-refractivity contribution is -0.0543. The van der Waals surface area contributed by atoms with Crippen LogP contribution in [0.4, 0.5) is 0 Å². The number of benzene rings is 1. The van der Waals surface area contributed by atoms with Gasteiger partial charge in [0.15, 0.2) is 11.5 Å². The third-order valence-electron chi connectivity index (χ3n) is 6.85. The van der Waals surface area contributed by atoms with Crippen LogP contribution in [-0.2, 0) is 0 Å². The number of rotatable bonds is 6. The minimum atomic E-state index is 0.145. The van der Waals surface area contributed by atoms with Gasteiger partial charge in [0, 0.05) is 18.2 Å². The zero-order valence-corrected chi connectivity index (χ0v) is 16.2. The number of ether oxygens (including phenoxy) is 2. The van der Waals surface area contributed by atoms with Gasteiger partial charge in [0.05, 0.1) is 13.7 Å². The first kappa shape index (κ1) is 17.7. The van der Waals surface area contributed by atoms with Crippen LogP contribution in [0.15, 0.2) is 18.2 Å². The molecule has 4 bridgehead atoms. The van der Waals surface area contributed by atoms with Crippen molar-refractivity contribution in [3.8, 4) is 11.5 Å². The van der Waals surface area contributed by atoms with Gasteiger partial charge in [-0.15, -0.1) is 0 Å². The van der Waals surface area contributed by atoms with Crippen LogP contribution in [0.1, 0.15) is 56.3 Å². The molecule has 26 heavy (non-hydrogen) atoms. The monoisotopic (exact) mass is 357 g/mol. The number of carbonyl (C=O) groups is 1. The highest BCUT2D eigenvalue weighted by Crippen LogP contribution is 2.55. The molecule has 4 saturated carbocycles. The summed E-state index contributed by atoms with van der Waals surface area (Å²) in [5.41, 5.74) is 0.709. The second-order valence-electron chi connectivity index (χ2n) is 8.31. The summed E-state index contributed by atoms with van der Waals surface area (Å²) in [5, 5.41) is 0. The molecule has 0 aliphatic heterocycles. The van der Waals surface area contributed by atoms with Crippen LogP contribution in [0.2, 0.25) is 0 Å². The Morgan fingerprint density at radius 1 is 1.04 bits per heavy atom. The molecule has 4 nitrogen and oxygen atoms in total. The van der Waals surface area contributed by atoms with Crippen LogP contribution >= 0.6 is 0 Å². The predicted molar refractivity (Wildman–Crippen MR) is 102 cm³/mol. The Balaban J connectivity index is 1.58. The lowest BCUT2D eigenvalue weighted by atomic mass is 9.54. The quantitative estimate of drug-likeness (QED) is 0.758. The van der Waals surface area contributed by atoms with Crippen molar-refractivity contribution in [1.82, 2.24) is 4.90 Å². The van der Waals surface area contributed by atoms with E-state index in [1.807, 2.05) is 25.1 Å². The Morgan fingerprint density at radius 2 is 1.69 bits per heavy atom. The molecule has 4 heteroatoms. The molecule has 0 unspecified atom stereocenters. The molecule has 0 heterocycles. The molecule has 0 atom stereocenters. The Kier molecular flexibility index (Phi) is 4.85. The Bertz CT molecular complexity index is 643. The fourth-order valence-corrected chi connectivity index (χ4v) is 6.14. The van der Waals surface area contributed by atoms with Crippen LogP contribution in [0.25, 0.3) is 0 Å². The highest BCUT2D eigenvalue weighted by Gasteiger charge is 2.50. The average Bonchev–Trinajstić information content (AvgIpc) is 2.64. The Labute approximate surface area is 156 Å². The molecule has 4 aliphatic rings. The molecule has 0 radical (unpaired) electrons. The van der Waals surface area contributed by atoms with Crippen molar-refractivity contribution in [1.29, 1.82) is 0 Å². The third-order valence-corrected chi connectivity index (χ3v) is 6.85. The fourth-order valence-electron chi connectivity index (χ4n) is 6.14. The van der Waals surface area contributed by atoms with Crippen LogP contribution in [0.3, 0.4) is 0 Å². The highest BCUT2D eigenvalue weighted by atomic mass is 16.5. The number of methoxy groups -OCH3 is 1. The number of hydrogen-bond acceptors (Lipinski definition) is 3. The molecule has 1 aromatic rings. The van der Waals surface area contributed by atoms with E-state index in [9.17, 15) is 4.79 Å². The largest absolute Gasteiger partial charge is 0.493 e. The summed E-state index contributed by atoms with van der Waals surface area (Å²) in [7, 11) is 1.63. The van der Waals surface area contributed by atoms with Gasteiger partial charge >= 0.3 is 0 Å². The Morgan fingerprint density at radius 3 is 2.23 bits per heavy atom. The minimum Gasteiger partial charge on any atom is -0.493 e. The summed E-state index contributed by atoms with van der Waals surface area (Å²) in [6, 6.07) is 6.01. The summed E-state index contributed by atoms with van der Waals surface area (Å²) in [4.78, 5) is 15.5. The van der Waals surface area contributed by atoms with E-state index in [1.165, 1.54) is 32.1 Å². The zero-order valence-electron chi connectivity index (χ0n) is 16.2. The number of nitrogens with zero attached hydrogens (tertiary/aromatic N) is 1. The van der Waals surface area contributed by atoms with Gasteiger partial charge < -0.3 is 14.4 Å². The molecule has 0 N–H and O–H groups in total. The molecular formula is C22H31NO3. The predicted octanol–water partition coefficient (Wildman–Crippen LogP) is 4.38. The maximum Gasteiger partial charge on any atom is 0.254 e. The molecule has 0 spiro atoms. The van der Waals surface area contributed by atoms with Crippen molar-refractivity contribution in [2.45, 2.75) is 52.0 Å². The first-order valence-corrected chi connectivity index (χ1v) is 10.3. The molecule has 142 valence electrons. The van der Waals surface area contributed by atoms with Gasteiger partial charge in [-0.3, -0.25) is 4.79 Å². The molecule has 1 amide bonds. The summed E-state index contributed by atoms with van der Waals surface area (Å²) >= 11 is 0. The summed E-state index contributed by atoms with van der Waals surface area (Å²) < 4.78 is 11.0. The van der Waals surface area contributed by atoms with E-state index in [1.54, 1.807) is 7.11 Å². The first-order chi connectivity index (χ1) is 12.6. The zero-order chi connectivity index (χ0) is 18.3. The van der Waals surface area contributed by atoms with Crippen LogP contribution in [0, 0.1) is 23.7 Å². The van der Waals surface area contributed by atoms with E-state index >= 15 is 0 Å². The van der Waals surface area contributed by atoms with Crippen LogP contribution in [0.5, 0.6) is 11.5 Å². The number of carbonyl (C=O) groups excluding carboxylic acids is 1. The molecule has 0 saturated heterocycles. The van der Waals surface area contributed by atoms with Crippen molar-refractivity contribution in [2.75, 3.05) is 20.3 Å². The normalized spacial score (nSPS) is 31.7. The van der Waals surface area contributed by atoms with E-state index in [4.69, 9.17) is 9.47 Å². The van der Waals surface area contributed by atoms with Crippen molar-refractivity contribution in [3.63, 3.8) is 0 Å². The van der Waals surface area contributed by atoms with Crippen molar-refractivity contribution >= 4 is 5.91 Å². The maximum atomic E-state index is 13.4. The lowest BCUT2D eigenvalue weighted by Gasteiger charge is -2.57. The third kappa shape index (κ3) is 2.97. The second kappa shape index (κ2) is 7.13. The minimum absolute atomic E-state index is 0.145. The van der Waals surface area contributed by atoms with Crippen molar-refractivity contribution < 1.29 is 14.3 Å². The van der Waals surface area contributed by atoms with Crippen LogP contribution in [-0.4, -0.2) is 37.1 Å². The SMILES string of the molecule is CCOc1ccc(C(=O)N(CC)C2C3CC4CC(C3)CC2C4)cc1OC. The number of amides is 1. The Hall–Kier alpha value is -1.71. The topological polar surface area (TPSA) is 38.8 Å². The number of hydrogen-bond donors (Lipinski definition) is 0. The molecular weight excluding hydrogens is 326 g/mol. The lowest BCUT2D eigenvalue weighted by Crippen LogP contribution is -2.57. The van der Waals surface area contributed by atoms with Gasteiger partial charge in [-0.1, -0.05) is 0 Å². The van der Waals surface area contributed by atoms with E-state index in [2.05, 4.69) is 11.8 Å². The first-order valence-electron chi connectivity index (χ1n) is 10.3. The molecule has 5 rings (SSSR count).